The summed E-state index contributed by atoms with van der Waals surface area (Å²) in [5.74, 6) is 0.0191. The Kier molecular flexibility index (Phi) is 6.95. The van der Waals surface area contributed by atoms with Crippen molar-refractivity contribution in [1.82, 2.24) is 20.1 Å². The summed E-state index contributed by atoms with van der Waals surface area (Å²) in [4.78, 5) is 25.1. The van der Waals surface area contributed by atoms with Crippen LogP contribution < -0.4 is 5.32 Å². The van der Waals surface area contributed by atoms with Crippen molar-refractivity contribution in [2.45, 2.75) is 25.2 Å². The second-order valence-electron chi connectivity index (χ2n) is 6.07. The first kappa shape index (κ1) is 20.9. The molecule has 3 rings (SSSR count). The van der Waals surface area contributed by atoms with Gasteiger partial charge in [0.15, 0.2) is 16.8 Å². The third kappa shape index (κ3) is 5.18. The second-order valence-corrected chi connectivity index (χ2v) is 8.18. The monoisotopic (exact) mass is 430 g/mol. The SMILES string of the molecule is C=CCn1c(SCC(=O)c2ccc(CNC(C)=O)s2)nnc1-c1ccccc1F. The highest BCUT2D eigenvalue weighted by molar-refractivity contribution is 7.99. The van der Waals surface area contributed by atoms with Gasteiger partial charge < -0.3 is 5.32 Å². The van der Waals surface area contributed by atoms with E-state index in [2.05, 4.69) is 22.1 Å². The zero-order chi connectivity index (χ0) is 20.8. The Morgan fingerprint density at radius 1 is 1.28 bits per heavy atom. The number of amides is 1. The van der Waals surface area contributed by atoms with E-state index in [4.69, 9.17) is 0 Å². The number of thiophene rings is 1. The fraction of sp³-hybridized carbons (Fsp3) is 0.200. The molecule has 150 valence electrons. The number of nitrogens with one attached hydrogen (secondary N) is 1. The van der Waals surface area contributed by atoms with E-state index in [9.17, 15) is 14.0 Å². The van der Waals surface area contributed by atoms with Gasteiger partial charge in [-0.3, -0.25) is 14.2 Å². The van der Waals surface area contributed by atoms with Crippen molar-refractivity contribution in [1.29, 1.82) is 0 Å². The lowest BCUT2D eigenvalue weighted by Crippen LogP contribution is -2.18. The molecule has 0 radical (unpaired) electrons. The molecule has 1 amide bonds. The molecule has 0 aliphatic heterocycles. The number of hydrogen-bond donors (Lipinski definition) is 1. The largest absolute Gasteiger partial charge is 0.351 e. The lowest BCUT2D eigenvalue weighted by Gasteiger charge is -2.08. The highest BCUT2D eigenvalue weighted by Crippen LogP contribution is 2.27. The van der Waals surface area contributed by atoms with Crippen LogP contribution in [-0.4, -0.2) is 32.2 Å². The minimum atomic E-state index is -0.386. The van der Waals surface area contributed by atoms with Gasteiger partial charge in [0, 0.05) is 18.3 Å². The summed E-state index contributed by atoms with van der Waals surface area (Å²) in [5.41, 5.74) is 0.348. The maximum absolute atomic E-state index is 14.2. The van der Waals surface area contributed by atoms with Crippen molar-refractivity contribution in [3.63, 3.8) is 0 Å². The van der Waals surface area contributed by atoms with Crippen molar-refractivity contribution in [3.05, 3.63) is 64.6 Å². The molecule has 6 nitrogen and oxygen atoms in total. The summed E-state index contributed by atoms with van der Waals surface area (Å²) >= 11 is 2.60. The number of benzene rings is 1. The molecule has 0 spiro atoms. The van der Waals surface area contributed by atoms with Crippen LogP contribution in [0.5, 0.6) is 0 Å². The number of allylic oxidation sites excluding steroid dienone is 1. The third-order valence-electron chi connectivity index (χ3n) is 3.92. The summed E-state index contributed by atoms with van der Waals surface area (Å²) in [6.45, 7) is 5.98. The lowest BCUT2D eigenvalue weighted by molar-refractivity contribution is -0.119. The van der Waals surface area contributed by atoms with Crippen LogP contribution in [0.2, 0.25) is 0 Å². The molecule has 1 aromatic carbocycles. The van der Waals surface area contributed by atoms with E-state index in [0.29, 0.717) is 34.5 Å². The van der Waals surface area contributed by atoms with Gasteiger partial charge in [-0.2, -0.15) is 0 Å². The predicted octanol–water partition coefficient (Wildman–Crippen LogP) is 3.94. The highest BCUT2D eigenvalue weighted by Gasteiger charge is 2.18. The number of ketones is 1. The molecule has 0 bridgehead atoms. The van der Waals surface area contributed by atoms with Crippen LogP contribution >= 0.6 is 23.1 Å². The Morgan fingerprint density at radius 3 is 2.79 bits per heavy atom. The number of rotatable bonds is 9. The van der Waals surface area contributed by atoms with Crippen LogP contribution in [-0.2, 0) is 17.9 Å². The first-order chi connectivity index (χ1) is 14.0. The number of halogens is 1. The van der Waals surface area contributed by atoms with Gasteiger partial charge in [0.25, 0.3) is 0 Å². The normalized spacial score (nSPS) is 10.7. The minimum absolute atomic E-state index is 0.0466. The fourth-order valence-electron chi connectivity index (χ4n) is 2.57. The van der Waals surface area contributed by atoms with E-state index in [1.807, 2.05) is 6.07 Å². The molecule has 0 aliphatic rings. The molecule has 29 heavy (non-hydrogen) atoms. The maximum atomic E-state index is 14.2. The third-order valence-corrected chi connectivity index (χ3v) is 6.02. The first-order valence-electron chi connectivity index (χ1n) is 8.77. The topological polar surface area (TPSA) is 76.9 Å². The van der Waals surface area contributed by atoms with E-state index in [1.54, 1.807) is 34.9 Å². The lowest BCUT2D eigenvalue weighted by atomic mass is 10.2. The van der Waals surface area contributed by atoms with Crippen LogP contribution in [0.3, 0.4) is 0 Å². The van der Waals surface area contributed by atoms with E-state index < -0.39 is 0 Å². The summed E-state index contributed by atoms with van der Waals surface area (Å²) in [5, 5.41) is 11.5. The van der Waals surface area contributed by atoms with Gasteiger partial charge in [0.2, 0.25) is 5.91 Å². The molecule has 2 aromatic heterocycles. The van der Waals surface area contributed by atoms with Gasteiger partial charge in [-0.1, -0.05) is 30.0 Å². The zero-order valence-electron chi connectivity index (χ0n) is 15.7. The molecular weight excluding hydrogens is 411 g/mol. The van der Waals surface area contributed by atoms with Crippen LogP contribution in [0.1, 0.15) is 21.5 Å². The van der Waals surface area contributed by atoms with Crippen molar-refractivity contribution in [2.75, 3.05) is 5.75 Å². The Morgan fingerprint density at radius 2 is 2.07 bits per heavy atom. The van der Waals surface area contributed by atoms with Gasteiger partial charge in [-0.15, -0.1) is 28.1 Å². The average molecular weight is 431 g/mol. The molecule has 0 saturated heterocycles. The highest BCUT2D eigenvalue weighted by atomic mass is 32.2. The fourth-order valence-corrected chi connectivity index (χ4v) is 4.37. The Bertz CT molecular complexity index is 1040. The Hall–Kier alpha value is -2.78. The van der Waals surface area contributed by atoms with Crippen LogP contribution in [0.15, 0.2) is 54.2 Å². The number of Topliss-reactive ketones (excluding diaryl/α,β-unsaturated/α-hetero) is 1. The molecule has 0 unspecified atom stereocenters. The number of carbonyl (C=O) groups is 2. The molecule has 0 atom stereocenters. The molecule has 0 aliphatic carbocycles. The molecule has 0 saturated carbocycles. The van der Waals surface area contributed by atoms with Crippen LogP contribution in [0, 0.1) is 5.82 Å². The Labute approximate surface area is 175 Å². The average Bonchev–Trinajstić information content (AvgIpc) is 3.33. The van der Waals surface area contributed by atoms with Gasteiger partial charge in [-0.05, 0) is 24.3 Å². The molecule has 0 fully saturated rings. The summed E-state index contributed by atoms with van der Waals surface area (Å²) in [7, 11) is 0. The number of aromatic nitrogens is 3. The van der Waals surface area contributed by atoms with Gasteiger partial charge in [0.1, 0.15) is 5.82 Å². The van der Waals surface area contributed by atoms with Gasteiger partial charge in [0.05, 0.1) is 22.7 Å². The summed E-state index contributed by atoms with van der Waals surface area (Å²) in [6, 6.07) is 9.94. The van der Waals surface area contributed by atoms with Crippen LogP contribution in [0.4, 0.5) is 4.39 Å². The smallest absolute Gasteiger partial charge is 0.217 e. The summed E-state index contributed by atoms with van der Waals surface area (Å²) in [6.07, 6.45) is 1.67. The number of hydrogen-bond acceptors (Lipinski definition) is 6. The minimum Gasteiger partial charge on any atom is -0.351 e. The second kappa shape index (κ2) is 9.62. The van der Waals surface area contributed by atoms with Gasteiger partial charge in [-0.25, -0.2) is 4.39 Å². The number of thioether (sulfide) groups is 1. The van der Waals surface area contributed by atoms with Gasteiger partial charge >= 0.3 is 0 Å². The predicted molar refractivity (Wildman–Crippen MR) is 113 cm³/mol. The Balaban J connectivity index is 1.72. The molecular formula is C20H19FN4O2S2. The van der Waals surface area contributed by atoms with E-state index in [1.165, 1.54) is 36.1 Å². The molecule has 2 heterocycles. The van der Waals surface area contributed by atoms with Crippen molar-refractivity contribution >= 4 is 34.8 Å². The van der Waals surface area contributed by atoms with E-state index in [-0.39, 0.29) is 23.3 Å². The maximum Gasteiger partial charge on any atom is 0.217 e. The van der Waals surface area contributed by atoms with Crippen molar-refractivity contribution in [2.24, 2.45) is 0 Å². The number of nitrogens with zero attached hydrogens (tertiary/aromatic N) is 3. The standard InChI is InChI=1S/C20H19FN4O2S2/c1-3-10-25-19(15-6-4-5-7-16(15)21)23-24-20(25)28-12-17(27)18-9-8-14(29-18)11-22-13(2)26/h3-9H,1,10-12H2,2H3,(H,22,26). The van der Waals surface area contributed by atoms with E-state index in [0.717, 1.165) is 4.88 Å². The molecule has 3 aromatic rings. The van der Waals surface area contributed by atoms with Crippen LogP contribution in [0.25, 0.3) is 11.4 Å². The number of carbonyl (C=O) groups excluding carboxylic acids is 2. The first-order valence-corrected chi connectivity index (χ1v) is 10.6. The summed E-state index contributed by atoms with van der Waals surface area (Å²) < 4.78 is 15.9. The van der Waals surface area contributed by atoms with Crippen molar-refractivity contribution in [3.8, 4) is 11.4 Å². The van der Waals surface area contributed by atoms with Crippen molar-refractivity contribution < 1.29 is 14.0 Å². The zero-order valence-corrected chi connectivity index (χ0v) is 17.4. The van der Waals surface area contributed by atoms with E-state index >= 15 is 0 Å². The molecule has 9 heteroatoms. The molecule has 1 N–H and O–H groups in total. The quantitative estimate of drug-likeness (QED) is 0.316.